The van der Waals surface area contributed by atoms with E-state index in [0.717, 1.165) is 44.7 Å². The third-order valence-electron chi connectivity index (χ3n) is 4.55. The zero-order valence-electron chi connectivity index (χ0n) is 14.2. The van der Waals surface area contributed by atoms with Crippen molar-refractivity contribution < 1.29 is 4.74 Å². The van der Waals surface area contributed by atoms with Crippen molar-refractivity contribution in [2.75, 3.05) is 12.4 Å². The molecule has 0 saturated heterocycles. The van der Waals surface area contributed by atoms with E-state index in [4.69, 9.17) is 9.72 Å². The van der Waals surface area contributed by atoms with Gasteiger partial charge in [-0.15, -0.1) is 0 Å². The molecule has 0 spiro atoms. The summed E-state index contributed by atoms with van der Waals surface area (Å²) in [4.78, 5) is 9.20. The molecule has 0 aliphatic carbocycles. The largest absolute Gasteiger partial charge is 0.497 e. The zero-order valence-corrected chi connectivity index (χ0v) is 14.2. The van der Waals surface area contributed by atoms with E-state index in [-0.39, 0.29) is 0 Å². The lowest BCUT2D eigenvalue weighted by Crippen LogP contribution is -2.00. The lowest BCUT2D eigenvalue weighted by molar-refractivity contribution is 0.415. The Bertz CT molecular complexity index is 1260. The molecule has 26 heavy (non-hydrogen) atoms. The van der Waals surface area contributed by atoms with Gasteiger partial charge in [0, 0.05) is 28.7 Å². The van der Waals surface area contributed by atoms with Crippen molar-refractivity contribution in [2.24, 2.45) is 0 Å². The van der Waals surface area contributed by atoms with E-state index >= 15 is 0 Å². The summed E-state index contributed by atoms with van der Waals surface area (Å²) in [7, 11) is 1.66. The van der Waals surface area contributed by atoms with E-state index in [9.17, 15) is 0 Å². The van der Waals surface area contributed by atoms with Crippen LogP contribution in [0.4, 0.5) is 11.5 Å². The van der Waals surface area contributed by atoms with Crippen LogP contribution in [0.3, 0.4) is 0 Å². The third kappa shape index (κ3) is 2.25. The molecule has 5 rings (SSSR count). The SMILES string of the molecule is COc1cccc(Nc2nc3cc4ccccc4n3c3cnccc23)c1. The van der Waals surface area contributed by atoms with Crippen LogP contribution in [0.5, 0.6) is 5.75 Å². The molecule has 126 valence electrons. The Morgan fingerprint density at radius 3 is 2.81 bits per heavy atom. The first kappa shape index (κ1) is 14.7. The van der Waals surface area contributed by atoms with Crippen LogP contribution in [0.1, 0.15) is 0 Å². The van der Waals surface area contributed by atoms with Crippen molar-refractivity contribution >= 4 is 39.0 Å². The Morgan fingerprint density at radius 1 is 0.962 bits per heavy atom. The molecule has 5 heteroatoms. The number of fused-ring (bicyclic) bond motifs is 5. The monoisotopic (exact) mass is 340 g/mol. The second-order valence-electron chi connectivity index (χ2n) is 6.11. The molecule has 0 bridgehead atoms. The van der Waals surface area contributed by atoms with Crippen molar-refractivity contribution in [1.82, 2.24) is 14.4 Å². The maximum Gasteiger partial charge on any atom is 0.142 e. The van der Waals surface area contributed by atoms with Crippen molar-refractivity contribution in [1.29, 1.82) is 0 Å². The van der Waals surface area contributed by atoms with Crippen LogP contribution in [0.15, 0.2) is 73.1 Å². The highest BCUT2D eigenvalue weighted by Crippen LogP contribution is 2.30. The third-order valence-corrected chi connectivity index (χ3v) is 4.55. The van der Waals surface area contributed by atoms with Gasteiger partial charge in [-0.1, -0.05) is 24.3 Å². The number of nitrogens with zero attached hydrogens (tertiary/aromatic N) is 3. The summed E-state index contributed by atoms with van der Waals surface area (Å²) in [6.07, 6.45) is 3.67. The normalized spacial score (nSPS) is 11.3. The first-order chi connectivity index (χ1) is 12.8. The summed E-state index contributed by atoms with van der Waals surface area (Å²) in [5, 5.41) is 5.59. The predicted molar refractivity (Wildman–Crippen MR) is 104 cm³/mol. The maximum atomic E-state index is 5.32. The fourth-order valence-corrected chi connectivity index (χ4v) is 3.35. The van der Waals surface area contributed by atoms with E-state index in [1.807, 2.05) is 48.7 Å². The van der Waals surface area contributed by atoms with E-state index in [1.54, 1.807) is 13.3 Å². The van der Waals surface area contributed by atoms with E-state index in [2.05, 4.69) is 32.9 Å². The standard InChI is InChI=1S/C21H16N4O/c1-26-16-7-4-6-15(12-16)23-21-17-9-10-22-13-19(17)25-18-8-3-2-5-14(18)11-20(25)24-21/h2-13H,1H3,(H,23,24). The summed E-state index contributed by atoms with van der Waals surface area (Å²) < 4.78 is 7.46. The first-order valence-corrected chi connectivity index (χ1v) is 8.38. The molecule has 0 radical (unpaired) electrons. The second-order valence-corrected chi connectivity index (χ2v) is 6.11. The Morgan fingerprint density at radius 2 is 1.88 bits per heavy atom. The van der Waals surface area contributed by atoms with Gasteiger partial charge in [0.1, 0.15) is 17.2 Å². The van der Waals surface area contributed by atoms with Gasteiger partial charge in [0.25, 0.3) is 0 Å². The van der Waals surface area contributed by atoms with Gasteiger partial charge in [0.15, 0.2) is 0 Å². The van der Waals surface area contributed by atoms with Gasteiger partial charge >= 0.3 is 0 Å². The lowest BCUT2D eigenvalue weighted by atomic mass is 10.2. The first-order valence-electron chi connectivity index (χ1n) is 8.38. The molecule has 3 heterocycles. The molecule has 2 aromatic carbocycles. The molecule has 0 aliphatic rings. The van der Waals surface area contributed by atoms with E-state index in [1.165, 1.54) is 0 Å². The number of methoxy groups -OCH3 is 1. The van der Waals surface area contributed by atoms with Gasteiger partial charge in [-0.05, 0) is 30.3 Å². The Labute approximate surface area is 149 Å². The fourth-order valence-electron chi connectivity index (χ4n) is 3.35. The highest BCUT2D eigenvalue weighted by atomic mass is 16.5. The van der Waals surface area contributed by atoms with E-state index < -0.39 is 0 Å². The average molecular weight is 340 g/mol. The second kappa shape index (κ2) is 5.74. The molecule has 1 N–H and O–H groups in total. The number of hydrogen-bond acceptors (Lipinski definition) is 4. The number of aromatic nitrogens is 3. The number of pyridine rings is 1. The predicted octanol–water partition coefficient (Wildman–Crippen LogP) is 4.79. The van der Waals surface area contributed by atoms with Crippen LogP contribution in [0.2, 0.25) is 0 Å². The molecule has 3 aromatic heterocycles. The van der Waals surface area contributed by atoms with Crippen LogP contribution in [0.25, 0.3) is 27.5 Å². The quantitative estimate of drug-likeness (QED) is 0.513. The highest BCUT2D eigenvalue weighted by molar-refractivity contribution is 5.98. The van der Waals surface area contributed by atoms with Crippen molar-refractivity contribution in [3.63, 3.8) is 0 Å². The fraction of sp³-hybridized carbons (Fsp3) is 0.0476. The Balaban J connectivity index is 1.77. The number of para-hydroxylation sites is 1. The van der Waals surface area contributed by atoms with Gasteiger partial charge in [0.05, 0.1) is 24.3 Å². The summed E-state index contributed by atoms with van der Waals surface area (Å²) in [5.41, 5.74) is 3.96. The highest BCUT2D eigenvalue weighted by Gasteiger charge is 2.12. The summed E-state index contributed by atoms with van der Waals surface area (Å²) >= 11 is 0. The molecule has 5 aromatic rings. The van der Waals surface area contributed by atoms with Gasteiger partial charge in [-0.2, -0.15) is 0 Å². The minimum atomic E-state index is 0.797. The Kier molecular flexibility index (Phi) is 3.25. The molecular weight excluding hydrogens is 324 g/mol. The van der Waals surface area contributed by atoms with Crippen LogP contribution in [-0.4, -0.2) is 21.5 Å². The number of ether oxygens (including phenoxy) is 1. The minimum absolute atomic E-state index is 0.797. The molecule has 0 fully saturated rings. The maximum absolute atomic E-state index is 5.32. The number of rotatable bonds is 3. The molecule has 0 atom stereocenters. The molecule has 0 aliphatic heterocycles. The number of hydrogen-bond donors (Lipinski definition) is 1. The van der Waals surface area contributed by atoms with Crippen molar-refractivity contribution in [2.45, 2.75) is 0 Å². The van der Waals surface area contributed by atoms with Crippen LogP contribution in [0, 0.1) is 0 Å². The topological polar surface area (TPSA) is 51.5 Å². The van der Waals surface area contributed by atoms with Gasteiger partial charge in [0.2, 0.25) is 0 Å². The van der Waals surface area contributed by atoms with Gasteiger partial charge in [-0.3, -0.25) is 9.38 Å². The lowest BCUT2D eigenvalue weighted by Gasteiger charge is -2.12. The summed E-state index contributed by atoms with van der Waals surface area (Å²) in [5.74, 6) is 1.60. The number of benzene rings is 2. The van der Waals surface area contributed by atoms with Crippen LogP contribution < -0.4 is 10.1 Å². The van der Waals surface area contributed by atoms with Gasteiger partial charge < -0.3 is 10.1 Å². The zero-order chi connectivity index (χ0) is 17.5. The summed E-state index contributed by atoms with van der Waals surface area (Å²) in [6.45, 7) is 0. The van der Waals surface area contributed by atoms with Crippen molar-refractivity contribution in [3.8, 4) is 5.75 Å². The molecule has 0 saturated carbocycles. The minimum Gasteiger partial charge on any atom is -0.497 e. The van der Waals surface area contributed by atoms with Crippen molar-refractivity contribution in [3.05, 3.63) is 73.1 Å². The Hall–Kier alpha value is -3.60. The molecule has 0 amide bonds. The summed E-state index contributed by atoms with van der Waals surface area (Å²) in [6, 6.07) is 20.2. The number of nitrogens with one attached hydrogen (secondary N) is 1. The van der Waals surface area contributed by atoms with Crippen LogP contribution >= 0.6 is 0 Å². The number of anilines is 2. The average Bonchev–Trinajstić information content (AvgIpc) is 3.06. The smallest absolute Gasteiger partial charge is 0.142 e. The van der Waals surface area contributed by atoms with Crippen LogP contribution in [-0.2, 0) is 0 Å². The van der Waals surface area contributed by atoms with Gasteiger partial charge in [-0.25, -0.2) is 4.98 Å². The molecular formula is C21H16N4O. The van der Waals surface area contributed by atoms with E-state index in [0.29, 0.717) is 0 Å². The molecule has 0 unspecified atom stereocenters. The molecule has 5 nitrogen and oxygen atoms in total.